The molecule has 1 unspecified atom stereocenters. The number of benzene rings is 3. The molecule has 0 spiro atoms. The van der Waals surface area contributed by atoms with Crippen LogP contribution >= 0.6 is 11.3 Å². The molecule has 2 N–H and O–H groups in total. The number of aliphatic hydroxyl groups is 1. The van der Waals surface area contributed by atoms with Crippen LogP contribution in [0.25, 0.3) is 32.7 Å². The number of methoxy groups -OCH3 is 1. The number of halogens is 1. The summed E-state index contributed by atoms with van der Waals surface area (Å²) >= 11 is 1.31. The summed E-state index contributed by atoms with van der Waals surface area (Å²) in [5, 5.41) is 15.0. The third kappa shape index (κ3) is 6.61. The van der Waals surface area contributed by atoms with Crippen LogP contribution in [0, 0.1) is 5.82 Å². The van der Waals surface area contributed by atoms with Crippen molar-refractivity contribution in [1.29, 1.82) is 0 Å². The van der Waals surface area contributed by atoms with Gasteiger partial charge in [0, 0.05) is 16.0 Å². The fourth-order valence-corrected chi connectivity index (χ4v) is 6.21. The molecule has 0 radical (unpaired) electrons. The van der Waals surface area contributed by atoms with Crippen molar-refractivity contribution in [3.63, 3.8) is 0 Å². The minimum atomic E-state index is -1.14. The van der Waals surface area contributed by atoms with E-state index < -0.39 is 28.9 Å². The molecule has 6 rings (SSSR count). The Bertz CT molecular complexity index is 2170. The number of hydrogen-bond donors (Lipinski definition) is 2. The van der Waals surface area contributed by atoms with Gasteiger partial charge in [-0.3, -0.25) is 23.4 Å². The number of aryl methyl sites for hydroxylation is 1. The zero-order valence-electron chi connectivity index (χ0n) is 23.7. The van der Waals surface area contributed by atoms with Crippen LogP contribution in [0.4, 0.5) is 4.39 Å². The van der Waals surface area contributed by atoms with E-state index in [9.17, 15) is 19.5 Å². The second-order valence-electron chi connectivity index (χ2n) is 10.2. The van der Waals surface area contributed by atoms with Gasteiger partial charge in [-0.1, -0.05) is 60.6 Å². The summed E-state index contributed by atoms with van der Waals surface area (Å²) in [5.74, 6) is -0.440. The van der Waals surface area contributed by atoms with Crippen LogP contribution in [0.1, 0.15) is 29.0 Å². The number of rotatable bonds is 9. The minimum absolute atomic E-state index is 0. The molecule has 3 aromatic heterocycles. The number of aromatic amines is 1. The number of thiophene rings is 1. The number of nitrogens with one attached hydrogen (secondary N) is 1. The topological polar surface area (TPSA) is 132 Å². The summed E-state index contributed by atoms with van der Waals surface area (Å²) in [6, 6.07) is 20.2. The van der Waals surface area contributed by atoms with E-state index in [1.54, 1.807) is 66.7 Å². The van der Waals surface area contributed by atoms with Crippen LogP contribution in [-0.2, 0) is 19.5 Å². The first kappa shape index (κ1) is 32.9. The first-order valence-corrected chi connectivity index (χ1v) is 14.6. The fraction of sp³-hybridized carbons (Fsp3) is 0.188. The summed E-state index contributed by atoms with van der Waals surface area (Å²) in [6.07, 6.45) is -0.488. The van der Waals surface area contributed by atoms with Gasteiger partial charge in [0.15, 0.2) is 5.82 Å². The average Bonchev–Trinajstić information content (AvgIpc) is 3.68. The summed E-state index contributed by atoms with van der Waals surface area (Å²) in [4.78, 5) is 42.7. The molecule has 1 atom stereocenters. The van der Waals surface area contributed by atoms with E-state index in [2.05, 4.69) is 14.7 Å². The van der Waals surface area contributed by atoms with Gasteiger partial charge in [-0.15, -0.1) is 11.3 Å². The summed E-state index contributed by atoms with van der Waals surface area (Å²) in [5.41, 5.74) is 1.29. The van der Waals surface area contributed by atoms with Gasteiger partial charge in [-0.25, -0.2) is 14.0 Å². The molecule has 0 fully saturated rings. The van der Waals surface area contributed by atoms with Crippen molar-refractivity contribution in [3.8, 4) is 28.3 Å². The van der Waals surface area contributed by atoms with E-state index in [0.717, 1.165) is 9.44 Å². The fourth-order valence-electron chi connectivity index (χ4n) is 5.13. The Kier molecular flexibility index (Phi) is 10.2. The Morgan fingerprint density at radius 3 is 2.40 bits per heavy atom. The number of hydrogen-bond acceptors (Lipinski definition) is 8. The van der Waals surface area contributed by atoms with Crippen molar-refractivity contribution in [1.82, 2.24) is 19.3 Å². The Labute approximate surface area is 302 Å². The molecule has 13 heteroatoms. The van der Waals surface area contributed by atoms with Gasteiger partial charge in [0.05, 0.1) is 31.7 Å². The van der Waals surface area contributed by atoms with Crippen molar-refractivity contribution >= 4 is 72.9 Å². The molecule has 0 amide bonds. The number of nitrogens with zero attached hydrogens (tertiary/aromatic N) is 3. The quantitative estimate of drug-likeness (QED) is 0.225. The summed E-state index contributed by atoms with van der Waals surface area (Å²) in [7, 11) is 1.53. The number of ether oxygens (including phenoxy) is 1. The van der Waals surface area contributed by atoms with Gasteiger partial charge in [0.2, 0.25) is 0 Å². The predicted octanol–water partition coefficient (Wildman–Crippen LogP) is 4.08. The van der Waals surface area contributed by atoms with Gasteiger partial charge in [-0.05, 0) is 47.4 Å². The molecule has 0 saturated carbocycles. The van der Waals surface area contributed by atoms with Gasteiger partial charge in [0.25, 0.3) is 5.56 Å². The normalized spacial score (nSPS) is 11.8. The van der Waals surface area contributed by atoms with Crippen molar-refractivity contribution in [2.24, 2.45) is 0 Å². The second kappa shape index (κ2) is 13.9. The first-order valence-electron chi connectivity index (χ1n) is 13.8. The van der Waals surface area contributed by atoms with Crippen LogP contribution in [0.3, 0.4) is 0 Å². The van der Waals surface area contributed by atoms with E-state index in [1.807, 2.05) is 6.92 Å². The number of aromatic nitrogens is 4. The van der Waals surface area contributed by atoms with Crippen molar-refractivity contribution in [2.45, 2.75) is 32.5 Å². The molecule has 0 aliphatic carbocycles. The van der Waals surface area contributed by atoms with Crippen molar-refractivity contribution in [2.75, 3.05) is 7.11 Å². The van der Waals surface area contributed by atoms with Gasteiger partial charge < -0.3 is 9.84 Å². The van der Waals surface area contributed by atoms with Gasteiger partial charge in [0.1, 0.15) is 16.4 Å². The first-order chi connectivity index (χ1) is 21.3. The maximum absolute atomic E-state index is 15.7. The summed E-state index contributed by atoms with van der Waals surface area (Å²) in [6.45, 7) is 1.53. The Balaban J connectivity index is 0.00000400. The molecule has 45 heavy (non-hydrogen) atoms. The van der Waals surface area contributed by atoms with E-state index in [0.29, 0.717) is 44.6 Å². The monoisotopic (exact) mass is 654 g/mol. The molecule has 0 aliphatic heterocycles. The second-order valence-corrected chi connectivity index (χ2v) is 11.3. The Morgan fingerprint density at radius 2 is 1.76 bits per heavy atom. The van der Waals surface area contributed by atoms with E-state index in [1.165, 1.54) is 29.1 Å². The molecule has 0 bridgehead atoms. The molecular weight excluding hydrogens is 627 g/mol. The van der Waals surface area contributed by atoms with Crippen LogP contribution in [0.5, 0.6) is 5.75 Å². The van der Waals surface area contributed by atoms with Gasteiger partial charge >= 0.3 is 62.8 Å². The third-order valence-electron chi connectivity index (χ3n) is 7.47. The Hall–Kier alpha value is -3.43. The van der Waals surface area contributed by atoms with Crippen LogP contribution in [0.2, 0.25) is 0 Å². The number of aliphatic hydroxyl groups excluding tert-OH is 1. The van der Waals surface area contributed by atoms with Crippen LogP contribution in [0.15, 0.2) is 91.7 Å². The SMILES string of the molecule is CCc1cc2c(=O)n(CC(O)c3ccc(OC)cc3)c(=O)n(Cc3ccc(-c4ccccc4-c4noc(=O)[nH]4)cc3F)c2s1.[KH]. The molecular formula is C32H28FKN4O6S. The Morgan fingerprint density at radius 1 is 1.02 bits per heavy atom. The van der Waals surface area contributed by atoms with Crippen LogP contribution < -0.4 is 21.7 Å². The van der Waals surface area contributed by atoms with E-state index >= 15 is 4.39 Å². The van der Waals surface area contributed by atoms with Gasteiger partial charge in [-0.2, -0.15) is 0 Å². The number of fused-ring (bicyclic) bond motifs is 1. The van der Waals surface area contributed by atoms with E-state index in [4.69, 9.17) is 4.74 Å². The molecule has 3 heterocycles. The zero-order valence-corrected chi connectivity index (χ0v) is 24.6. The predicted molar refractivity (Wildman–Crippen MR) is 172 cm³/mol. The maximum atomic E-state index is 15.7. The average molecular weight is 655 g/mol. The summed E-state index contributed by atoms with van der Waals surface area (Å²) < 4.78 is 27.9. The standard InChI is InChI=1S/C32H27FN4O6S.K.H/c1-3-22-15-25-29(39)36(17-27(38)18-10-12-21(42-2)13-11-18)32(41)37(30(25)44-22)16-20-9-8-19(14-26(20)33)23-6-4-5-7-24(23)28-34-31(40)43-35-28;;/h4-15,27,38H,3,16-17H2,1-2H3,(H,34,35,40);;. The zero-order chi connectivity index (χ0) is 31.0. The van der Waals surface area contributed by atoms with Crippen molar-refractivity contribution in [3.05, 3.63) is 126 Å². The molecule has 10 nitrogen and oxygen atoms in total. The molecule has 0 saturated heterocycles. The molecule has 226 valence electrons. The third-order valence-corrected chi connectivity index (χ3v) is 8.77. The molecule has 6 aromatic rings. The molecule has 3 aromatic carbocycles. The van der Waals surface area contributed by atoms with E-state index in [-0.39, 0.29) is 75.9 Å². The van der Waals surface area contributed by atoms with Crippen molar-refractivity contribution < 1.29 is 18.8 Å². The van der Waals surface area contributed by atoms with Crippen LogP contribution in [-0.4, -0.2) is 82.9 Å². The molecule has 0 aliphatic rings. The number of H-pyrrole nitrogens is 1.